The summed E-state index contributed by atoms with van der Waals surface area (Å²) in [5, 5.41) is 0. The fourth-order valence-electron chi connectivity index (χ4n) is 1.29. The smallest absolute Gasteiger partial charge is 0.0280 e. The maximum absolute atomic E-state index is 2.26. The lowest BCUT2D eigenvalue weighted by Crippen LogP contribution is -1.89. The second-order valence-corrected chi connectivity index (χ2v) is 2.58. The molecule has 0 heterocycles. The van der Waals surface area contributed by atoms with Crippen molar-refractivity contribution >= 4 is 0 Å². The van der Waals surface area contributed by atoms with E-state index in [9.17, 15) is 0 Å². The van der Waals surface area contributed by atoms with Gasteiger partial charge in [0, 0.05) is 0 Å². The quantitative estimate of drug-likeness (QED) is 0.531. The minimum absolute atomic E-state index is 1.23. The van der Waals surface area contributed by atoms with Gasteiger partial charge in [-0.15, -0.1) is 0 Å². The van der Waals surface area contributed by atoms with Gasteiger partial charge < -0.3 is 0 Å². The Labute approximate surface area is 71.0 Å². The van der Waals surface area contributed by atoms with E-state index in [1.54, 1.807) is 5.57 Å². The van der Waals surface area contributed by atoms with Crippen LogP contribution >= 0.6 is 0 Å². The molecule has 0 unspecified atom stereocenters. The zero-order valence-corrected chi connectivity index (χ0v) is 8.28. The molecule has 0 fully saturated rings. The summed E-state index contributed by atoms with van der Waals surface area (Å²) in [5.41, 5.74) is 3.13. The zero-order valence-electron chi connectivity index (χ0n) is 8.28. The van der Waals surface area contributed by atoms with E-state index in [1.807, 2.05) is 13.8 Å². The second-order valence-electron chi connectivity index (χ2n) is 2.58. The van der Waals surface area contributed by atoms with Crippen LogP contribution in [-0.4, -0.2) is 0 Å². The highest BCUT2D eigenvalue weighted by molar-refractivity contribution is 5.27. The van der Waals surface area contributed by atoms with Crippen LogP contribution in [0.3, 0.4) is 0 Å². The molecule has 0 N–H and O–H groups in total. The number of allylic oxidation sites excluding steroid dienone is 4. The van der Waals surface area contributed by atoms with Crippen molar-refractivity contribution in [3.63, 3.8) is 0 Å². The van der Waals surface area contributed by atoms with E-state index in [1.165, 1.54) is 24.8 Å². The summed E-state index contributed by atoms with van der Waals surface area (Å²) in [5.74, 6) is 0. The van der Waals surface area contributed by atoms with Crippen molar-refractivity contribution in [1.29, 1.82) is 0 Å². The molecule has 0 amide bonds. The minimum Gasteiger partial charge on any atom is -0.0840 e. The second kappa shape index (κ2) is 6.21. The van der Waals surface area contributed by atoms with Crippen molar-refractivity contribution in [3.05, 3.63) is 23.3 Å². The van der Waals surface area contributed by atoms with Gasteiger partial charge in [0.25, 0.3) is 0 Å². The monoisotopic (exact) mass is 152 g/mol. The number of hydrogen-bond donors (Lipinski definition) is 0. The molecule has 0 nitrogen and oxygen atoms in total. The van der Waals surface area contributed by atoms with E-state index in [-0.39, 0.29) is 0 Å². The predicted molar refractivity (Wildman–Crippen MR) is 52.7 cm³/mol. The zero-order chi connectivity index (χ0) is 8.69. The van der Waals surface area contributed by atoms with Crippen LogP contribution in [0.25, 0.3) is 0 Å². The first-order valence-electron chi connectivity index (χ1n) is 4.69. The van der Waals surface area contributed by atoms with E-state index in [0.29, 0.717) is 0 Å². The highest BCUT2D eigenvalue weighted by Crippen LogP contribution is 2.20. The van der Waals surface area contributed by atoms with E-state index >= 15 is 0 Å². The Morgan fingerprint density at radius 1 is 1.36 bits per heavy atom. The third kappa shape index (κ3) is 3.41. The molecule has 0 aliphatic heterocycles. The van der Waals surface area contributed by atoms with Gasteiger partial charge in [0.05, 0.1) is 0 Å². The summed E-state index contributed by atoms with van der Waals surface area (Å²) in [6, 6.07) is 0. The van der Waals surface area contributed by atoms with Crippen LogP contribution in [0.1, 0.15) is 47.0 Å². The fraction of sp³-hybridized carbons (Fsp3) is 0.636. The van der Waals surface area contributed by atoms with Crippen LogP contribution < -0.4 is 0 Å². The first kappa shape index (κ1) is 10.5. The summed E-state index contributed by atoms with van der Waals surface area (Å²) >= 11 is 0. The van der Waals surface area contributed by atoms with Crippen molar-refractivity contribution in [3.8, 4) is 0 Å². The predicted octanol–water partition coefficient (Wildman–Crippen LogP) is 4.09. The Bertz CT molecular complexity index is 149. The summed E-state index contributed by atoms with van der Waals surface area (Å²) < 4.78 is 0. The highest BCUT2D eigenvalue weighted by atomic mass is 14.1. The van der Waals surface area contributed by atoms with E-state index in [2.05, 4.69) is 26.0 Å². The Morgan fingerprint density at radius 2 is 2.00 bits per heavy atom. The van der Waals surface area contributed by atoms with Crippen LogP contribution in [0, 0.1) is 0 Å². The Hall–Kier alpha value is -0.520. The Morgan fingerprint density at radius 3 is 2.36 bits per heavy atom. The van der Waals surface area contributed by atoms with Gasteiger partial charge in [0.1, 0.15) is 0 Å². The molecule has 0 saturated carbocycles. The van der Waals surface area contributed by atoms with Crippen LogP contribution in [0.15, 0.2) is 23.3 Å². The fourth-order valence-corrected chi connectivity index (χ4v) is 1.29. The van der Waals surface area contributed by atoms with Crippen LogP contribution in [0.4, 0.5) is 0 Å². The molecule has 0 heteroatoms. The first-order chi connectivity index (χ1) is 5.34. The maximum atomic E-state index is 2.26. The molecule has 0 aromatic carbocycles. The summed E-state index contributed by atoms with van der Waals surface area (Å²) in [4.78, 5) is 0. The van der Waals surface area contributed by atoms with E-state index in [4.69, 9.17) is 0 Å². The van der Waals surface area contributed by atoms with Gasteiger partial charge in [-0.25, -0.2) is 0 Å². The molecular formula is C11H20. The Balaban J connectivity index is 0.000000461. The molecule has 0 aromatic heterocycles. The van der Waals surface area contributed by atoms with Gasteiger partial charge in [-0.3, -0.25) is 0 Å². The van der Waals surface area contributed by atoms with Crippen molar-refractivity contribution < 1.29 is 0 Å². The summed E-state index contributed by atoms with van der Waals surface area (Å²) in [6.45, 7) is 8.44. The van der Waals surface area contributed by atoms with Gasteiger partial charge in [0.15, 0.2) is 0 Å². The van der Waals surface area contributed by atoms with E-state index < -0.39 is 0 Å². The normalized spacial score (nSPS) is 16.0. The first-order valence-corrected chi connectivity index (χ1v) is 4.69. The lowest BCUT2D eigenvalue weighted by molar-refractivity contribution is 0.875. The molecule has 0 radical (unpaired) electrons. The van der Waals surface area contributed by atoms with Crippen molar-refractivity contribution in [2.45, 2.75) is 47.0 Å². The maximum Gasteiger partial charge on any atom is -0.0280 e. The third-order valence-corrected chi connectivity index (χ3v) is 1.97. The third-order valence-electron chi connectivity index (χ3n) is 1.97. The number of rotatable bonds is 1. The van der Waals surface area contributed by atoms with Crippen molar-refractivity contribution in [2.75, 3.05) is 0 Å². The molecule has 11 heavy (non-hydrogen) atoms. The van der Waals surface area contributed by atoms with Crippen LogP contribution in [-0.2, 0) is 0 Å². The van der Waals surface area contributed by atoms with Crippen molar-refractivity contribution in [2.24, 2.45) is 0 Å². The van der Waals surface area contributed by atoms with Crippen molar-refractivity contribution in [1.82, 2.24) is 0 Å². The van der Waals surface area contributed by atoms with E-state index in [0.717, 1.165) is 0 Å². The standard InChI is InChI=1S/C9H14.C2H6/c1-3-9-7-5-4-6-8(9)2;1-2/h4,6H,3,5,7H2,1-2H3;1-2H3. The molecule has 0 saturated heterocycles. The molecule has 1 aliphatic rings. The molecule has 0 atom stereocenters. The molecule has 1 rings (SSSR count). The molecule has 0 spiro atoms. The largest absolute Gasteiger partial charge is 0.0840 e. The summed E-state index contributed by atoms with van der Waals surface area (Å²) in [7, 11) is 0. The molecule has 0 aromatic rings. The minimum atomic E-state index is 1.23. The average Bonchev–Trinajstić information content (AvgIpc) is 2.09. The van der Waals surface area contributed by atoms with Gasteiger partial charge >= 0.3 is 0 Å². The molecular weight excluding hydrogens is 132 g/mol. The lowest BCUT2D eigenvalue weighted by Gasteiger charge is -2.09. The summed E-state index contributed by atoms with van der Waals surface area (Å²) in [6.07, 6.45) is 8.27. The lowest BCUT2D eigenvalue weighted by atomic mass is 9.97. The number of hydrogen-bond acceptors (Lipinski definition) is 0. The van der Waals surface area contributed by atoms with Crippen LogP contribution in [0.5, 0.6) is 0 Å². The molecule has 1 aliphatic carbocycles. The topological polar surface area (TPSA) is 0 Å². The van der Waals surface area contributed by atoms with Gasteiger partial charge in [-0.1, -0.05) is 44.1 Å². The van der Waals surface area contributed by atoms with Crippen LogP contribution in [0.2, 0.25) is 0 Å². The molecule has 64 valence electrons. The Kier molecular flexibility index (Phi) is 5.91. The average molecular weight is 152 g/mol. The van der Waals surface area contributed by atoms with Gasteiger partial charge in [-0.05, 0) is 26.2 Å². The van der Waals surface area contributed by atoms with Gasteiger partial charge in [0.2, 0.25) is 0 Å². The van der Waals surface area contributed by atoms with Gasteiger partial charge in [-0.2, -0.15) is 0 Å². The highest BCUT2D eigenvalue weighted by Gasteiger charge is 2.00. The molecule has 0 bridgehead atoms. The SMILES string of the molecule is CC.CCC1=C(C)C=CCC1.